The molecule has 10 heteroatoms. The molecule has 2 heterocycles. The largest absolute Gasteiger partial charge is 0.508 e. The van der Waals surface area contributed by atoms with Gasteiger partial charge in [-0.1, -0.05) is 23.5 Å². The highest BCUT2D eigenvalue weighted by Crippen LogP contribution is 2.44. The average molecular weight is 501 g/mol. The van der Waals surface area contributed by atoms with E-state index in [0.29, 0.717) is 27.4 Å². The molecule has 1 aromatic heterocycles. The highest BCUT2D eigenvalue weighted by molar-refractivity contribution is 7.18. The number of benzene rings is 2. The summed E-state index contributed by atoms with van der Waals surface area (Å²) in [5, 5.41) is 21.0. The van der Waals surface area contributed by atoms with Gasteiger partial charge in [0.25, 0.3) is 5.78 Å². The van der Waals surface area contributed by atoms with Gasteiger partial charge in [-0.05, 0) is 48.9 Å². The lowest BCUT2D eigenvalue weighted by Crippen LogP contribution is -2.29. The Bertz CT molecular complexity index is 1300. The number of hydrogen-bond donors (Lipinski definition) is 2. The van der Waals surface area contributed by atoms with Crippen molar-refractivity contribution >= 4 is 52.1 Å². The summed E-state index contributed by atoms with van der Waals surface area (Å²) in [4.78, 5) is 44.1. The van der Waals surface area contributed by atoms with Crippen LogP contribution in [0.4, 0.5) is 5.13 Å². The Kier molecular flexibility index (Phi) is 7.09. The maximum absolute atomic E-state index is 13.1. The van der Waals surface area contributed by atoms with Gasteiger partial charge in [0.2, 0.25) is 0 Å². The molecule has 0 radical (unpaired) electrons. The van der Waals surface area contributed by atoms with Crippen molar-refractivity contribution in [3.8, 4) is 11.5 Å². The number of methoxy groups -OCH3 is 1. The van der Waals surface area contributed by atoms with Crippen LogP contribution in [0, 0.1) is 6.92 Å². The Labute approximate surface area is 205 Å². The summed E-state index contributed by atoms with van der Waals surface area (Å²) >= 11 is 1.01. The SMILES string of the molecule is COc1ccc(C(O)=C2C(=O)C(=O)N(c3nc(C)c(C(C)=O)s3)C2c2ccc(O)cc2)cc1.Cl. The van der Waals surface area contributed by atoms with E-state index in [1.165, 1.54) is 31.1 Å². The highest BCUT2D eigenvalue weighted by atomic mass is 35.5. The molecule has 0 bridgehead atoms. The number of carbonyl (C=O) groups is 3. The van der Waals surface area contributed by atoms with E-state index in [-0.39, 0.29) is 40.4 Å². The molecule has 1 unspecified atom stereocenters. The lowest BCUT2D eigenvalue weighted by Gasteiger charge is -2.23. The fraction of sp³-hybridized carbons (Fsp3) is 0.167. The van der Waals surface area contributed by atoms with E-state index in [4.69, 9.17) is 4.74 Å². The molecule has 1 fully saturated rings. The van der Waals surface area contributed by atoms with Crippen LogP contribution in [0.3, 0.4) is 0 Å². The highest BCUT2D eigenvalue weighted by Gasteiger charge is 2.48. The van der Waals surface area contributed by atoms with Crippen LogP contribution in [0.15, 0.2) is 54.1 Å². The Morgan fingerprint density at radius 1 is 1.09 bits per heavy atom. The molecule has 2 N–H and O–H groups in total. The Morgan fingerprint density at radius 3 is 2.24 bits per heavy atom. The number of carbonyl (C=O) groups excluding carboxylic acids is 3. The van der Waals surface area contributed by atoms with Crippen molar-refractivity contribution in [2.24, 2.45) is 0 Å². The van der Waals surface area contributed by atoms with Crippen LogP contribution in [0.2, 0.25) is 0 Å². The molecule has 0 saturated carbocycles. The van der Waals surface area contributed by atoms with Crippen LogP contribution in [-0.4, -0.2) is 39.8 Å². The molecule has 8 nitrogen and oxygen atoms in total. The molecule has 0 spiro atoms. The van der Waals surface area contributed by atoms with E-state index in [9.17, 15) is 24.6 Å². The topological polar surface area (TPSA) is 117 Å². The summed E-state index contributed by atoms with van der Waals surface area (Å²) in [5.74, 6) is -1.72. The van der Waals surface area contributed by atoms with E-state index in [1.54, 1.807) is 43.3 Å². The number of ketones is 2. The summed E-state index contributed by atoms with van der Waals surface area (Å²) in [6.07, 6.45) is 0. The van der Waals surface area contributed by atoms with E-state index in [2.05, 4.69) is 4.98 Å². The van der Waals surface area contributed by atoms with Crippen LogP contribution in [-0.2, 0) is 9.59 Å². The van der Waals surface area contributed by atoms with Gasteiger partial charge in [0.05, 0.1) is 29.3 Å². The van der Waals surface area contributed by atoms with Crippen molar-refractivity contribution in [3.63, 3.8) is 0 Å². The number of thiazole rings is 1. The van der Waals surface area contributed by atoms with Crippen LogP contribution in [0.1, 0.15) is 39.5 Å². The summed E-state index contributed by atoms with van der Waals surface area (Å²) in [7, 11) is 1.51. The molecule has 34 heavy (non-hydrogen) atoms. The summed E-state index contributed by atoms with van der Waals surface area (Å²) < 4.78 is 5.14. The van der Waals surface area contributed by atoms with E-state index in [1.807, 2.05) is 0 Å². The molecule has 1 saturated heterocycles. The van der Waals surface area contributed by atoms with Gasteiger partial charge in [-0.2, -0.15) is 0 Å². The van der Waals surface area contributed by atoms with Gasteiger partial charge >= 0.3 is 5.91 Å². The standard InChI is InChI=1S/C24H20N2O6S.ClH/c1-12-22(13(2)27)33-24(25-12)26-19(14-4-8-16(28)9-5-14)18(21(30)23(26)31)20(29)15-6-10-17(32-3)11-7-15;/h4-11,19,28-29H,1-3H3;1H. The molecular formula is C24H21ClN2O6S. The van der Waals surface area contributed by atoms with E-state index < -0.39 is 17.7 Å². The zero-order valence-electron chi connectivity index (χ0n) is 18.4. The summed E-state index contributed by atoms with van der Waals surface area (Å²) in [5.41, 5.74) is 1.15. The van der Waals surface area contributed by atoms with Gasteiger partial charge in [0.15, 0.2) is 10.9 Å². The lowest BCUT2D eigenvalue weighted by atomic mass is 9.95. The van der Waals surface area contributed by atoms with Crippen LogP contribution in [0.25, 0.3) is 5.76 Å². The normalized spacial score (nSPS) is 16.9. The second-order valence-electron chi connectivity index (χ2n) is 7.46. The quantitative estimate of drug-likeness (QED) is 0.230. The van der Waals surface area contributed by atoms with Gasteiger partial charge in [0.1, 0.15) is 17.3 Å². The first kappa shape index (κ1) is 24.9. The number of aliphatic hydroxyl groups excluding tert-OH is 1. The Balaban J connectivity index is 0.00000324. The van der Waals surface area contributed by atoms with Crippen LogP contribution >= 0.6 is 23.7 Å². The van der Waals surface area contributed by atoms with Gasteiger partial charge in [-0.15, -0.1) is 12.4 Å². The monoisotopic (exact) mass is 500 g/mol. The molecule has 3 aromatic rings. The average Bonchev–Trinajstić information content (AvgIpc) is 3.31. The van der Waals surface area contributed by atoms with E-state index >= 15 is 0 Å². The van der Waals surface area contributed by atoms with Crippen molar-refractivity contribution in [1.29, 1.82) is 0 Å². The summed E-state index contributed by atoms with van der Waals surface area (Å²) in [6, 6.07) is 11.4. The first-order valence-corrected chi connectivity index (χ1v) is 10.8. The minimum atomic E-state index is -1.00. The minimum Gasteiger partial charge on any atom is -0.508 e. The van der Waals surface area contributed by atoms with Gasteiger partial charge < -0.3 is 14.9 Å². The van der Waals surface area contributed by atoms with Crippen molar-refractivity contribution in [3.05, 3.63) is 75.8 Å². The van der Waals surface area contributed by atoms with Crippen molar-refractivity contribution < 1.29 is 29.3 Å². The number of amides is 1. The Hall–Kier alpha value is -3.69. The number of phenolic OH excluding ortho intramolecular Hbond substituents is 1. The first-order chi connectivity index (χ1) is 15.7. The van der Waals surface area contributed by atoms with Crippen molar-refractivity contribution in [2.75, 3.05) is 12.0 Å². The molecule has 176 valence electrons. The number of halogens is 1. The molecule has 1 aliphatic rings. The number of phenols is 1. The second kappa shape index (κ2) is 9.66. The zero-order chi connectivity index (χ0) is 23.9. The van der Waals surface area contributed by atoms with Gasteiger partial charge in [-0.25, -0.2) is 4.98 Å². The maximum atomic E-state index is 13.1. The number of aliphatic hydroxyl groups is 1. The number of anilines is 1. The smallest absolute Gasteiger partial charge is 0.301 e. The number of hydrogen-bond acceptors (Lipinski definition) is 8. The Morgan fingerprint density at radius 2 is 1.71 bits per heavy atom. The fourth-order valence-corrected chi connectivity index (χ4v) is 4.71. The van der Waals surface area contributed by atoms with Crippen LogP contribution < -0.4 is 9.64 Å². The molecular weight excluding hydrogens is 480 g/mol. The number of Topliss-reactive ketones (excluding diaryl/α,β-unsaturated/α-hetero) is 2. The predicted molar refractivity (Wildman–Crippen MR) is 130 cm³/mol. The number of aromatic hydroxyl groups is 1. The van der Waals surface area contributed by atoms with Gasteiger partial charge in [-0.3, -0.25) is 19.3 Å². The minimum absolute atomic E-state index is 0. The third-order valence-corrected chi connectivity index (χ3v) is 6.59. The number of aromatic nitrogens is 1. The fourth-order valence-electron chi connectivity index (χ4n) is 3.72. The van der Waals surface area contributed by atoms with E-state index in [0.717, 1.165) is 11.3 Å². The predicted octanol–water partition coefficient (Wildman–Crippen LogP) is 4.42. The lowest BCUT2D eigenvalue weighted by molar-refractivity contribution is -0.132. The number of aryl methyl sites for hydroxylation is 1. The zero-order valence-corrected chi connectivity index (χ0v) is 20.1. The van der Waals surface area contributed by atoms with Crippen LogP contribution in [0.5, 0.6) is 11.5 Å². The molecule has 1 amide bonds. The molecule has 1 atom stereocenters. The number of nitrogens with zero attached hydrogens (tertiary/aromatic N) is 2. The summed E-state index contributed by atoms with van der Waals surface area (Å²) in [6.45, 7) is 3.06. The van der Waals surface area contributed by atoms with Crippen molar-refractivity contribution in [1.82, 2.24) is 4.98 Å². The third-order valence-electron chi connectivity index (χ3n) is 5.33. The molecule has 4 rings (SSSR count). The van der Waals surface area contributed by atoms with Crippen molar-refractivity contribution in [2.45, 2.75) is 19.9 Å². The number of rotatable bonds is 5. The molecule has 2 aromatic carbocycles. The molecule has 1 aliphatic heterocycles. The first-order valence-electron chi connectivity index (χ1n) is 9.95. The van der Waals surface area contributed by atoms with Gasteiger partial charge in [0, 0.05) is 12.5 Å². The number of ether oxygens (including phenoxy) is 1. The molecule has 0 aliphatic carbocycles. The second-order valence-corrected chi connectivity index (χ2v) is 8.43. The third kappa shape index (κ3) is 4.27. The maximum Gasteiger partial charge on any atom is 0.301 e.